The van der Waals surface area contributed by atoms with Crippen LogP contribution in [0.3, 0.4) is 0 Å². The summed E-state index contributed by atoms with van der Waals surface area (Å²) in [5.41, 5.74) is 0.687. The largest absolute Gasteiger partial charge is 0.492 e. The molecule has 0 unspecified atom stereocenters. The van der Waals surface area contributed by atoms with E-state index in [-0.39, 0.29) is 0 Å². The summed E-state index contributed by atoms with van der Waals surface area (Å²) in [6.45, 7) is 0.678. The third-order valence-electron chi connectivity index (χ3n) is 2.98. The summed E-state index contributed by atoms with van der Waals surface area (Å²) in [7, 11) is 1.29. The SMILES string of the molecule is COC(=O)c1ccccc1NC(=O)NCCOc1ccccc1. The van der Waals surface area contributed by atoms with Crippen molar-refractivity contribution in [1.29, 1.82) is 0 Å². The van der Waals surface area contributed by atoms with Crippen molar-refractivity contribution < 1.29 is 19.1 Å². The zero-order chi connectivity index (χ0) is 16.5. The number of carbonyl (C=O) groups is 2. The van der Waals surface area contributed by atoms with Gasteiger partial charge in [-0.25, -0.2) is 9.59 Å². The number of esters is 1. The zero-order valence-corrected chi connectivity index (χ0v) is 12.7. The first-order valence-electron chi connectivity index (χ1n) is 7.11. The van der Waals surface area contributed by atoms with Crippen molar-refractivity contribution in [2.45, 2.75) is 0 Å². The standard InChI is InChI=1S/C17H18N2O4/c1-22-16(20)14-9-5-6-10-15(14)19-17(21)18-11-12-23-13-7-3-2-4-8-13/h2-10H,11-12H2,1H3,(H2,18,19,21). The second-order valence-corrected chi connectivity index (χ2v) is 4.58. The number of rotatable bonds is 6. The highest BCUT2D eigenvalue weighted by Crippen LogP contribution is 2.15. The average molecular weight is 314 g/mol. The molecule has 6 heteroatoms. The van der Waals surface area contributed by atoms with Crippen LogP contribution in [0.25, 0.3) is 0 Å². The molecule has 0 aliphatic rings. The van der Waals surface area contributed by atoms with Crippen LogP contribution in [0.4, 0.5) is 10.5 Å². The van der Waals surface area contributed by atoms with Gasteiger partial charge in [0.1, 0.15) is 12.4 Å². The number of amides is 2. The van der Waals surface area contributed by atoms with Crippen molar-refractivity contribution >= 4 is 17.7 Å². The maximum atomic E-state index is 11.9. The third-order valence-corrected chi connectivity index (χ3v) is 2.98. The number of carbonyl (C=O) groups excluding carboxylic acids is 2. The Morgan fingerprint density at radius 1 is 1.00 bits per heavy atom. The van der Waals surface area contributed by atoms with Gasteiger partial charge in [-0.05, 0) is 24.3 Å². The molecule has 120 valence electrons. The predicted molar refractivity (Wildman–Crippen MR) is 86.7 cm³/mol. The Kier molecular flexibility index (Phi) is 5.99. The molecule has 6 nitrogen and oxygen atoms in total. The molecule has 2 N–H and O–H groups in total. The van der Waals surface area contributed by atoms with Crippen LogP contribution in [0.5, 0.6) is 5.75 Å². The van der Waals surface area contributed by atoms with Gasteiger partial charge in [0, 0.05) is 0 Å². The van der Waals surface area contributed by atoms with Gasteiger partial charge < -0.3 is 20.1 Å². The van der Waals surface area contributed by atoms with Crippen LogP contribution in [0.2, 0.25) is 0 Å². The third kappa shape index (κ3) is 5.03. The number of ether oxygens (including phenoxy) is 2. The summed E-state index contributed by atoms with van der Waals surface area (Å²) in [6, 6.07) is 15.5. The average Bonchev–Trinajstić information content (AvgIpc) is 2.59. The fourth-order valence-corrected chi connectivity index (χ4v) is 1.90. The van der Waals surface area contributed by atoms with Gasteiger partial charge in [0.2, 0.25) is 0 Å². The first-order valence-corrected chi connectivity index (χ1v) is 7.11. The minimum absolute atomic E-state index is 0.297. The highest BCUT2D eigenvalue weighted by molar-refractivity contribution is 6.00. The molecule has 0 bridgehead atoms. The highest BCUT2D eigenvalue weighted by Gasteiger charge is 2.12. The van der Waals surface area contributed by atoms with E-state index >= 15 is 0 Å². The van der Waals surface area contributed by atoms with Crippen molar-refractivity contribution in [3.05, 3.63) is 60.2 Å². The number of nitrogens with one attached hydrogen (secondary N) is 2. The molecule has 0 saturated heterocycles. The van der Waals surface area contributed by atoms with E-state index in [0.717, 1.165) is 5.75 Å². The molecule has 0 aliphatic heterocycles. The Morgan fingerprint density at radius 3 is 2.43 bits per heavy atom. The molecule has 0 atom stereocenters. The summed E-state index contributed by atoms with van der Waals surface area (Å²) < 4.78 is 10.1. The molecule has 2 amide bonds. The molecular formula is C17H18N2O4. The smallest absolute Gasteiger partial charge is 0.339 e. The molecule has 0 saturated carbocycles. The van der Waals surface area contributed by atoms with E-state index in [1.807, 2.05) is 30.3 Å². The Balaban J connectivity index is 1.80. The lowest BCUT2D eigenvalue weighted by atomic mass is 10.2. The van der Waals surface area contributed by atoms with Crippen molar-refractivity contribution in [2.75, 3.05) is 25.6 Å². The van der Waals surface area contributed by atoms with Crippen LogP contribution in [0, 0.1) is 0 Å². The van der Waals surface area contributed by atoms with E-state index in [0.29, 0.717) is 24.4 Å². The highest BCUT2D eigenvalue weighted by atomic mass is 16.5. The molecule has 0 aliphatic carbocycles. The summed E-state index contributed by atoms with van der Waals surface area (Å²) in [6.07, 6.45) is 0. The van der Waals surface area contributed by atoms with Gasteiger partial charge >= 0.3 is 12.0 Å². The van der Waals surface area contributed by atoms with Crippen molar-refractivity contribution in [2.24, 2.45) is 0 Å². The van der Waals surface area contributed by atoms with Crippen molar-refractivity contribution in [3.63, 3.8) is 0 Å². The van der Waals surface area contributed by atoms with E-state index < -0.39 is 12.0 Å². The molecule has 0 heterocycles. The molecule has 0 spiro atoms. The Morgan fingerprint density at radius 2 is 1.70 bits per heavy atom. The van der Waals surface area contributed by atoms with Gasteiger partial charge in [0.25, 0.3) is 0 Å². The topological polar surface area (TPSA) is 76.7 Å². The van der Waals surface area contributed by atoms with Crippen LogP contribution in [-0.2, 0) is 4.74 Å². The first kappa shape index (κ1) is 16.4. The maximum Gasteiger partial charge on any atom is 0.339 e. The number of urea groups is 1. The van der Waals surface area contributed by atoms with Crippen LogP contribution in [-0.4, -0.2) is 32.3 Å². The fourth-order valence-electron chi connectivity index (χ4n) is 1.90. The number of hydrogen-bond acceptors (Lipinski definition) is 4. The lowest BCUT2D eigenvalue weighted by Gasteiger charge is -2.11. The molecular weight excluding hydrogens is 296 g/mol. The van der Waals surface area contributed by atoms with E-state index in [4.69, 9.17) is 4.74 Å². The Hall–Kier alpha value is -3.02. The lowest BCUT2D eigenvalue weighted by molar-refractivity contribution is 0.0602. The quantitative estimate of drug-likeness (QED) is 0.635. The molecule has 0 aromatic heterocycles. The number of anilines is 1. The summed E-state index contributed by atoms with van der Waals surface area (Å²) in [4.78, 5) is 23.5. The number of benzene rings is 2. The predicted octanol–water partition coefficient (Wildman–Crippen LogP) is 2.67. The molecule has 2 aromatic rings. The van der Waals surface area contributed by atoms with Gasteiger partial charge in [-0.2, -0.15) is 0 Å². The van der Waals surface area contributed by atoms with Gasteiger partial charge in [0.15, 0.2) is 0 Å². The minimum Gasteiger partial charge on any atom is -0.492 e. The summed E-state index contributed by atoms with van der Waals surface area (Å²) in [5, 5.41) is 5.28. The van der Waals surface area contributed by atoms with Gasteiger partial charge in [-0.1, -0.05) is 30.3 Å². The Labute approximate surface area is 134 Å². The monoisotopic (exact) mass is 314 g/mol. The molecule has 2 aromatic carbocycles. The van der Waals surface area contributed by atoms with Gasteiger partial charge in [0.05, 0.1) is 24.9 Å². The maximum absolute atomic E-state index is 11.9. The van der Waals surface area contributed by atoms with Crippen LogP contribution in [0.15, 0.2) is 54.6 Å². The number of hydrogen-bond donors (Lipinski definition) is 2. The van der Waals surface area contributed by atoms with Crippen molar-refractivity contribution in [1.82, 2.24) is 5.32 Å². The second kappa shape index (κ2) is 8.43. The summed E-state index contributed by atoms with van der Waals surface area (Å²) >= 11 is 0. The normalized spacial score (nSPS) is 9.78. The lowest BCUT2D eigenvalue weighted by Crippen LogP contribution is -2.32. The van der Waals surface area contributed by atoms with E-state index in [9.17, 15) is 9.59 Å². The minimum atomic E-state index is -0.506. The van der Waals surface area contributed by atoms with E-state index in [1.54, 1.807) is 24.3 Å². The molecule has 0 radical (unpaired) electrons. The first-order chi connectivity index (χ1) is 11.2. The van der Waals surface area contributed by atoms with Crippen LogP contribution < -0.4 is 15.4 Å². The fraction of sp³-hybridized carbons (Fsp3) is 0.176. The summed E-state index contributed by atoms with van der Waals surface area (Å²) in [5.74, 6) is 0.235. The van der Waals surface area contributed by atoms with E-state index in [1.165, 1.54) is 7.11 Å². The zero-order valence-electron chi connectivity index (χ0n) is 12.7. The Bertz CT molecular complexity index is 659. The molecule has 2 rings (SSSR count). The van der Waals surface area contributed by atoms with Gasteiger partial charge in [-0.15, -0.1) is 0 Å². The second-order valence-electron chi connectivity index (χ2n) is 4.58. The van der Waals surface area contributed by atoms with Crippen molar-refractivity contribution in [3.8, 4) is 5.75 Å². The molecule has 23 heavy (non-hydrogen) atoms. The molecule has 0 fully saturated rings. The van der Waals surface area contributed by atoms with Crippen LogP contribution >= 0.6 is 0 Å². The van der Waals surface area contributed by atoms with E-state index in [2.05, 4.69) is 15.4 Å². The number of methoxy groups -OCH3 is 1. The van der Waals surface area contributed by atoms with Gasteiger partial charge in [-0.3, -0.25) is 0 Å². The number of para-hydroxylation sites is 2. The van der Waals surface area contributed by atoms with Crippen LogP contribution in [0.1, 0.15) is 10.4 Å².